The van der Waals surface area contributed by atoms with Gasteiger partial charge >= 0.3 is 5.97 Å². The molecule has 0 heterocycles. The van der Waals surface area contributed by atoms with Crippen LogP contribution in [0.2, 0.25) is 10.0 Å². The number of hydrogen-bond donors (Lipinski definition) is 1. The maximum absolute atomic E-state index is 10.5. The van der Waals surface area contributed by atoms with Gasteiger partial charge in [-0.05, 0) is 28.1 Å². The number of hydrogen-bond acceptors (Lipinski definition) is 1. The third kappa shape index (κ3) is 1.73. The summed E-state index contributed by atoms with van der Waals surface area (Å²) in [5.41, 5.74) is 0.00451. The van der Waals surface area contributed by atoms with Gasteiger partial charge in [0.05, 0.1) is 15.6 Å². The van der Waals surface area contributed by atoms with Gasteiger partial charge in [0.2, 0.25) is 0 Å². The van der Waals surface area contributed by atoms with Crippen molar-refractivity contribution in [2.75, 3.05) is 0 Å². The van der Waals surface area contributed by atoms with Gasteiger partial charge in [0.25, 0.3) is 0 Å². The molecule has 5 heteroatoms. The van der Waals surface area contributed by atoms with E-state index < -0.39 is 5.97 Å². The van der Waals surface area contributed by atoms with Crippen LogP contribution in [-0.4, -0.2) is 11.1 Å². The van der Waals surface area contributed by atoms with E-state index in [0.29, 0.717) is 4.47 Å². The number of halogens is 3. The highest BCUT2D eigenvalue weighted by Crippen LogP contribution is 2.32. The van der Waals surface area contributed by atoms with Crippen molar-refractivity contribution in [2.45, 2.75) is 0 Å². The van der Waals surface area contributed by atoms with E-state index in [1.807, 2.05) is 0 Å². The predicted octanol–water partition coefficient (Wildman–Crippen LogP) is 3.45. The van der Waals surface area contributed by atoms with E-state index in [1.165, 1.54) is 12.1 Å². The van der Waals surface area contributed by atoms with Gasteiger partial charge in [-0.25, -0.2) is 4.79 Å². The Morgan fingerprint density at radius 1 is 1.33 bits per heavy atom. The van der Waals surface area contributed by atoms with Gasteiger partial charge in [-0.15, -0.1) is 0 Å². The molecule has 0 aromatic heterocycles. The van der Waals surface area contributed by atoms with Crippen LogP contribution in [0.15, 0.2) is 16.6 Å². The fraction of sp³-hybridized carbons (Fsp3) is 0. The fourth-order valence-corrected chi connectivity index (χ4v) is 1.55. The lowest BCUT2D eigenvalue weighted by atomic mass is 10.2. The summed E-state index contributed by atoms with van der Waals surface area (Å²) in [6.07, 6.45) is 0. The molecule has 0 atom stereocenters. The normalized spacial score (nSPS) is 9.92. The molecule has 0 saturated heterocycles. The summed E-state index contributed by atoms with van der Waals surface area (Å²) in [5.74, 6) is -1.09. The first-order valence-electron chi connectivity index (χ1n) is 2.91. The summed E-state index contributed by atoms with van der Waals surface area (Å²) in [4.78, 5) is 10.5. The Bertz CT molecular complexity index is 338. The van der Waals surface area contributed by atoms with Crippen LogP contribution in [0.5, 0.6) is 0 Å². The van der Waals surface area contributed by atoms with E-state index in [9.17, 15) is 4.79 Å². The van der Waals surface area contributed by atoms with E-state index in [1.54, 1.807) is 0 Å². The zero-order valence-electron chi connectivity index (χ0n) is 5.64. The third-order valence-corrected chi connectivity index (χ3v) is 3.04. The van der Waals surface area contributed by atoms with Crippen LogP contribution in [0.25, 0.3) is 0 Å². The molecule has 12 heavy (non-hydrogen) atoms. The molecule has 0 bridgehead atoms. The molecule has 1 rings (SSSR count). The van der Waals surface area contributed by atoms with Gasteiger partial charge in [0, 0.05) is 4.47 Å². The highest BCUT2D eigenvalue weighted by Gasteiger charge is 2.13. The van der Waals surface area contributed by atoms with Crippen LogP contribution >= 0.6 is 39.1 Å². The van der Waals surface area contributed by atoms with E-state index in [4.69, 9.17) is 28.3 Å². The molecule has 1 N–H and O–H groups in total. The second-order valence-corrected chi connectivity index (χ2v) is 3.64. The van der Waals surface area contributed by atoms with Crippen molar-refractivity contribution in [1.29, 1.82) is 0 Å². The number of benzene rings is 1. The molecule has 0 amide bonds. The second kappa shape index (κ2) is 3.64. The Morgan fingerprint density at radius 2 is 1.92 bits per heavy atom. The molecule has 0 fully saturated rings. The predicted molar refractivity (Wildman–Crippen MR) is 51.1 cm³/mol. The van der Waals surface area contributed by atoms with Crippen LogP contribution in [0.3, 0.4) is 0 Å². The van der Waals surface area contributed by atoms with Crippen LogP contribution in [-0.2, 0) is 0 Å². The lowest BCUT2D eigenvalue weighted by Gasteiger charge is -2.01. The summed E-state index contributed by atoms with van der Waals surface area (Å²) in [7, 11) is 0. The first-order chi connectivity index (χ1) is 5.54. The van der Waals surface area contributed by atoms with Crippen LogP contribution in [0, 0.1) is 0 Å². The van der Waals surface area contributed by atoms with Crippen molar-refractivity contribution in [3.8, 4) is 0 Å². The molecule has 1 aromatic rings. The van der Waals surface area contributed by atoms with Crippen molar-refractivity contribution in [3.63, 3.8) is 0 Å². The quantitative estimate of drug-likeness (QED) is 0.793. The molecular formula is C7H3BrCl2O2. The largest absolute Gasteiger partial charge is 0.478 e. The van der Waals surface area contributed by atoms with E-state index >= 15 is 0 Å². The van der Waals surface area contributed by atoms with Crippen LogP contribution in [0.1, 0.15) is 10.4 Å². The average molecular weight is 270 g/mol. The van der Waals surface area contributed by atoms with Gasteiger partial charge in [0.1, 0.15) is 0 Å². The topological polar surface area (TPSA) is 37.3 Å². The number of aromatic carboxylic acids is 1. The number of carboxylic acid groups (broad SMARTS) is 1. The molecule has 1 aromatic carbocycles. The van der Waals surface area contributed by atoms with Gasteiger partial charge in [-0.2, -0.15) is 0 Å². The Morgan fingerprint density at radius 3 is 2.42 bits per heavy atom. The smallest absolute Gasteiger partial charge is 0.337 e. The van der Waals surface area contributed by atoms with Gasteiger partial charge in [-0.1, -0.05) is 23.2 Å². The molecule has 0 radical (unpaired) electrons. The van der Waals surface area contributed by atoms with Crippen LogP contribution in [0.4, 0.5) is 0 Å². The summed E-state index contributed by atoms with van der Waals surface area (Å²) in [6, 6.07) is 2.93. The number of carbonyl (C=O) groups is 1. The van der Waals surface area contributed by atoms with E-state index in [0.717, 1.165) is 0 Å². The van der Waals surface area contributed by atoms with Crippen LogP contribution < -0.4 is 0 Å². The van der Waals surface area contributed by atoms with E-state index in [2.05, 4.69) is 15.9 Å². The summed E-state index contributed by atoms with van der Waals surface area (Å²) in [5, 5.41) is 8.90. The second-order valence-electron chi connectivity index (χ2n) is 2.03. The first-order valence-corrected chi connectivity index (χ1v) is 4.45. The minimum atomic E-state index is -1.09. The summed E-state index contributed by atoms with van der Waals surface area (Å²) in [6.45, 7) is 0. The SMILES string of the molecule is O=C(O)c1ccc(Br)c(Cl)c1Cl. The van der Waals surface area contributed by atoms with Gasteiger partial charge < -0.3 is 5.11 Å². The van der Waals surface area contributed by atoms with Gasteiger partial charge in [0.15, 0.2) is 0 Å². The lowest BCUT2D eigenvalue weighted by Crippen LogP contribution is -1.97. The lowest BCUT2D eigenvalue weighted by molar-refractivity contribution is 0.0697. The molecule has 64 valence electrons. The molecular weight excluding hydrogens is 267 g/mol. The molecule has 2 nitrogen and oxygen atoms in total. The minimum absolute atomic E-state index is 0.00451. The fourth-order valence-electron chi connectivity index (χ4n) is 0.691. The Labute approximate surface area is 87.2 Å². The summed E-state index contributed by atoms with van der Waals surface area (Å²) >= 11 is 14.5. The molecule has 0 aliphatic heterocycles. The average Bonchev–Trinajstić information content (AvgIpc) is 2.00. The maximum Gasteiger partial charge on any atom is 0.337 e. The van der Waals surface area contributed by atoms with Crippen molar-refractivity contribution < 1.29 is 9.90 Å². The zero-order valence-corrected chi connectivity index (χ0v) is 8.74. The Balaban J connectivity index is 3.36. The highest BCUT2D eigenvalue weighted by atomic mass is 79.9. The molecule has 0 unspecified atom stereocenters. The minimum Gasteiger partial charge on any atom is -0.478 e. The van der Waals surface area contributed by atoms with Crippen molar-refractivity contribution in [3.05, 3.63) is 32.2 Å². The van der Waals surface area contributed by atoms with Crippen molar-refractivity contribution >= 4 is 45.1 Å². The molecule has 0 aliphatic carbocycles. The van der Waals surface area contributed by atoms with Gasteiger partial charge in [-0.3, -0.25) is 0 Å². The maximum atomic E-state index is 10.5. The monoisotopic (exact) mass is 268 g/mol. The standard InChI is InChI=1S/C7H3BrCl2O2/c8-4-2-1-3(7(11)12)5(9)6(4)10/h1-2H,(H,11,12). The van der Waals surface area contributed by atoms with Crippen molar-refractivity contribution in [2.24, 2.45) is 0 Å². The molecule has 0 spiro atoms. The third-order valence-electron chi connectivity index (χ3n) is 1.27. The highest BCUT2D eigenvalue weighted by molar-refractivity contribution is 9.10. The number of carboxylic acids is 1. The van der Waals surface area contributed by atoms with Crippen molar-refractivity contribution in [1.82, 2.24) is 0 Å². The van der Waals surface area contributed by atoms with E-state index in [-0.39, 0.29) is 15.6 Å². The summed E-state index contributed by atoms with van der Waals surface area (Å²) < 4.78 is 0.583. The number of rotatable bonds is 1. The molecule has 0 aliphatic rings. The molecule has 0 saturated carbocycles. The zero-order chi connectivity index (χ0) is 9.30. The Kier molecular flexibility index (Phi) is 2.99. The Hall–Kier alpha value is -0.250. The first kappa shape index (κ1) is 9.84.